The molecule has 0 saturated carbocycles. The van der Waals surface area contributed by atoms with Gasteiger partial charge in [0, 0.05) is 0 Å². The van der Waals surface area contributed by atoms with Crippen LogP contribution in [0, 0.1) is 6.92 Å². The van der Waals surface area contributed by atoms with Crippen molar-refractivity contribution in [3.8, 4) is 11.3 Å². The van der Waals surface area contributed by atoms with Crippen molar-refractivity contribution in [3.05, 3.63) is 60.3 Å². The summed E-state index contributed by atoms with van der Waals surface area (Å²) in [5, 5.41) is 2.41. The van der Waals surface area contributed by atoms with E-state index in [1.165, 1.54) is 32.0 Å². The van der Waals surface area contributed by atoms with Crippen molar-refractivity contribution in [3.63, 3.8) is 0 Å². The van der Waals surface area contributed by atoms with Crippen molar-refractivity contribution in [2.75, 3.05) is 0 Å². The number of furan rings is 1. The molecule has 2 nitrogen and oxygen atoms in total. The molecule has 2 heterocycles. The number of rotatable bonds is 2. The Kier molecular flexibility index (Phi) is 3.76. The second-order valence-electron chi connectivity index (χ2n) is 7.89. The Labute approximate surface area is 151 Å². The quantitative estimate of drug-likeness (QED) is 0.350. The molecule has 0 fully saturated rings. The average Bonchev–Trinajstić information content (AvgIpc) is 2.92. The molecule has 25 heavy (non-hydrogen) atoms. The van der Waals surface area contributed by atoms with E-state index in [0.717, 1.165) is 11.2 Å². The van der Waals surface area contributed by atoms with Crippen molar-refractivity contribution < 1.29 is 8.98 Å². The van der Waals surface area contributed by atoms with Crippen LogP contribution in [0.15, 0.2) is 59.1 Å². The second kappa shape index (κ2) is 5.74. The molecule has 126 valence electrons. The molecule has 0 atom stereocenters. The van der Waals surface area contributed by atoms with Crippen LogP contribution in [0.5, 0.6) is 0 Å². The van der Waals surface area contributed by atoms with E-state index in [-0.39, 0.29) is 0 Å². The molecule has 0 aliphatic carbocycles. The molecule has 0 unspecified atom stereocenters. The number of aromatic nitrogens is 1. The topological polar surface area (TPSA) is 17.0 Å². The van der Waals surface area contributed by atoms with Crippen LogP contribution in [0.1, 0.15) is 5.56 Å². The third-order valence-electron chi connectivity index (χ3n) is 5.03. The van der Waals surface area contributed by atoms with Gasteiger partial charge in [0.1, 0.15) is 0 Å². The molecule has 2 aromatic heterocycles. The van der Waals surface area contributed by atoms with E-state index < -0.39 is 13.3 Å². The Morgan fingerprint density at radius 2 is 1.68 bits per heavy atom. The number of aryl methyl sites for hydroxylation is 2. The van der Waals surface area contributed by atoms with E-state index >= 15 is 0 Å². The summed E-state index contributed by atoms with van der Waals surface area (Å²) in [6.07, 6.45) is 2.08. The van der Waals surface area contributed by atoms with Gasteiger partial charge in [-0.15, -0.1) is 0 Å². The van der Waals surface area contributed by atoms with Crippen LogP contribution >= 0.6 is 0 Å². The van der Waals surface area contributed by atoms with Crippen molar-refractivity contribution in [1.82, 2.24) is 0 Å². The molecular weight excluding hydrogens is 367 g/mol. The van der Waals surface area contributed by atoms with E-state index in [2.05, 4.69) is 90.5 Å². The third kappa shape index (κ3) is 2.69. The molecule has 2 aromatic carbocycles. The molecule has 0 spiro atoms. The van der Waals surface area contributed by atoms with Crippen LogP contribution < -0.4 is 8.96 Å². The first-order valence-corrected chi connectivity index (χ1v) is 16.1. The fourth-order valence-electron chi connectivity index (χ4n) is 3.51. The molecule has 3 heteroatoms. The minimum absolute atomic E-state index is 0.996. The number of fused-ring (bicyclic) bond motifs is 3. The minimum atomic E-state index is -1.88. The molecule has 0 radical (unpaired) electrons. The summed E-state index contributed by atoms with van der Waals surface area (Å²) in [5.74, 6) is 7.26. The zero-order valence-electron chi connectivity index (χ0n) is 15.6. The maximum absolute atomic E-state index is 6.43. The first-order chi connectivity index (χ1) is 11.9. The zero-order chi connectivity index (χ0) is 17.8. The SMILES string of the molecule is Cc1ccc2c(oc3c[c]([Ge]([CH3])([CH3])[CH3])ccc32)c1-c1cccc[n+]1C. The summed E-state index contributed by atoms with van der Waals surface area (Å²) in [7, 11) is 2.08. The third-order valence-corrected chi connectivity index (χ3v) is 9.31. The number of nitrogens with zero attached hydrogens (tertiary/aromatic N) is 1. The first-order valence-electron chi connectivity index (χ1n) is 8.77. The van der Waals surface area contributed by atoms with Crippen molar-refractivity contribution >= 4 is 39.6 Å². The van der Waals surface area contributed by atoms with Gasteiger partial charge in [-0.2, -0.15) is 0 Å². The van der Waals surface area contributed by atoms with E-state index in [4.69, 9.17) is 4.42 Å². The van der Waals surface area contributed by atoms with Gasteiger partial charge in [0.05, 0.1) is 0 Å². The van der Waals surface area contributed by atoms with Crippen LogP contribution in [0.3, 0.4) is 0 Å². The molecule has 0 saturated heterocycles. The Hall–Kier alpha value is -2.07. The van der Waals surface area contributed by atoms with Gasteiger partial charge < -0.3 is 0 Å². The molecule has 4 rings (SSSR count). The monoisotopic (exact) mass is 392 g/mol. The Morgan fingerprint density at radius 3 is 2.40 bits per heavy atom. The van der Waals surface area contributed by atoms with Gasteiger partial charge in [0.25, 0.3) is 0 Å². The predicted octanol–water partition coefficient (Wildman–Crippen LogP) is 4.93. The Bertz CT molecular complexity index is 1100. The summed E-state index contributed by atoms with van der Waals surface area (Å²) < 4.78 is 10.1. The zero-order valence-corrected chi connectivity index (χ0v) is 17.6. The fraction of sp³-hybridized carbons (Fsp3) is 0.227. The summed E-state index contributed by atoms with van der Waals surface area (Å²) in [6.45, 7) is 2.16. The van der Waals surface area contributed by atoms with Crippen LogP contribution in [0.2, 0.25) is 17.3 Å². The maximum atomic E-state index is 6.43. The van der Waals surface area contributed by atoms with Gasteiger partial charge >= 0.3 is 151 Å². The Balaban J connectivity index is 2.07. The molecular formula is C22H24GeNO+. The van der Waals surface area contributed by atoms with E-state index in [9.17, 15) is 0 Å². The number of benzene rings is 2. The van der Waals surface area contributed by atoms with Crippen molar-refractivity contribution in [1.29, 1.82) is 0 Å². The standard InChI is InChI=1S/C22H24GeNO/c1-15-9-11-18-17-12-10-16(23(2,3)4)14-20(17)25-22(18)21(15)19-8-6-7-13-24(19)5/h6-14H,1-5H3/q+1. The summed E-state index contributed by atoms with van der Waals surface area (Å²) >= 11 is -1.88. The molecule has 0 aliphatic heterocycles. The van der Waals surface area contributed by atoms with E-state index in [1.54, 1.807) is 0 Å². The molecule has 0 amide bonds. The van der Waals surface area contributed by atoms with E-state index in [0.29, 0.717) is 0 Å². The molecule has 0 bridgehead atoms. The predicted molar refractivity (Wildman–Crippen MR) is 108 cm³/mol. The summed E-state index contributed by atoms with van der Waals surface area (Å²) in [6, 6.07) is 17.5. The van der Waals surface area contributed by atoms with Crippen LogP contribution in [0.4, 0.5) is 0 Å². The van der Waals surface area contributed by atoms with Crippen LogP contribution in [-0.2, 0) is 7.05 Å². The van der Waals surface area contributed by atoms with Crippen molar-refractivity contribution in [2.24, 2.45) is 7.05 Å². The normalized spacial score (nSPS) is 12.2. The molecule has 0 aliphatic rings. The first kappa shape index (κ1) is 16.4. The summed E-state index contributed by atoms with van der Waals surface area (Å²) in [5.41, 5.74) is 5.62. The van der Waals surface area contributed by atoms with Crippen molar-refractivity contribution in [2.45, 2.75) is 24.2 Å². The van der Waals surface area contributed by atoms with Gasteiger partial charge in [-0.25, -0.2) is 0 Å². The Morgan fingerprint density at radius 1 is 0.920 bits per heavy atom. The number of hydrogen-bond donors (Lipinski definition) is 0. The number of hydrogen-bond acceptors (Lipinski definition) is 1. The van der Waals surface area contributed by atoms with Gasteiger partial charge in [0.2, 0.25) is 0 Å². The van der Waals surface area contributed by atoms with Gasteiger partial charge in [-0.1, -0.05) is 0 Å². The average molecular weight is 391 g/mol. The molecule has 4 aromatic rings. The number of pyridine rings is 1. The van der Waals surface area contributed by atoms with Gasteiger partial charge in [0.15, 0.2) is 0 Å². The van der Waals surface area contributed by atoms with Gasteiger partial charge in [-0.05, 0) is 0 Å². The fourth-order valence-corrected chi connectivity index (χ4v) is 5.91. The van der Waals surface area contributed by atoms with Crippen LogP contribution in [-0.4, -0.2) is 13.3 Å². The van der Waals surface area contributed by atoms with E-state index in [1.807, 2.05) is 0 Å². The molecule has 0 N–H and O–H groups in total. The van der Waals surface area contributed by atoms with Gasteiger partial charge in [-0.3, -0.25) is 0 Å². The van der Waals surface area contributed by atoms with Crippen LogP contribution in [0.25, 0.3) is 33.2 Å². The summed E-state index contributed by atoms with van der Waals surface area (Å²) in [4.78, 5) is 0. The second-order valence-corrected chi connectivity index (χ2v) is 18.5.